The van der Waals surface area contributed by atoms with Crippen LogP contribution < -0.4 is 0 Å². The summed E-state index contributed by atoms with van der Waals surface area (Å²) in [6.45, 7) is 4.33. The minimum atomic E-state index is -0.227. The van der Waals surface area contributed by atoms with Crippen LogP contribution in [0.4, 0.5) is 0 Å². The Balaban J connectivity index is 1.82. The fourth-order valence-electron chi connectivity index (χ4n) is 2.70. The van der Waals surface area contributed by atoms with E-state index in [1.165, 1.54) is 10.4 Å². The zero-order chi connectivity index (χ0) is 14.8. The van der Waals surface area contributed by atoms with Gasteiger partial charge in [-0.05, 0) is 29.5 Å². The average molecular weight is 284 g/mol. The number of nitrogens with zero attached hydrogens (tertiary/aromatic N) is 4. The highest BCUT2D eigenvalue weighted by Crippen LogP contribution is 2.25. The van der Waals surface area contributed by atoms with Gasteiger partial charge in [0.1, 0.15) is 6.04 Å². The molecule has 0 spiro atoms. The van der Waals surface area contributed by atoms with Crippen molar-refractivity contribution in [1.29, 1.82) is 0 Å². The van der Waals surface area contributed by atoms with Crippen LogP contribution in [0.2, 0.25) is 0 Å². The molecule has 0 radical (unpaired) electrons. The molecule has 1 aromatic carbocycles. The van der Waals surface area contributed by atoms with Gasteiger partial charge in [-0.1, -0.05) is 44.5 Å². The highest BCUT2D eigenvalue weighted by Gasteiger charge is 2.26. The van der Waals surface area contributed by atoms with Crippen LogP contribution in [0.5, 0.6) is 0 Å². The first-order chi connectivity index (χ1) is 10.1. The number of aromatic nitrogens is 4. The lowest BCUT2D eigenvalue weighted by Gasteiger charge is -2.18. The van der Waals surface area contributed by atoms with Crippen molar-refractivity contribution in [3.63, 3.8) is 0 Å². The Morgan fingerprint density at radius 3 is 2.62 bits per heavy atom. The van der Waals surface area contributed by atoms with Crippen molar-refractivity contribution in [3.05, 3.63) is 29.8 Å². The van der Waals surface area contributed by atoms with Gasteiger partial charge in [-0.3, -0.25) is 4.79 Å². The number of rotatable bonds is 3. The van der Waals surface area contributed by atoms with Crippen molar-refractivity contribution < 1.29 is 4.79 Å². The zero-order valence-electron chi connectivity index (χ0n) is 12.5. The normalized spacial score (nSPS) is 19.2. The summed E-state index contributed by atoms with van der Waals surface area (Å²) in [5, 5.41) is 12.6. The lowest BCUT2D eigenvalue weighted by atomic mass is 9.95. The molecule has 1 fully saturated rings. The molecule has 1 aliphatic rings. The third-order valence-electron chi connectivity index (χ3n) is 4.06. The predicted molar refractivity (Wildman–Crippen MR) is 79.9 cm³/mol. The van der Waals surface area contributed by atoms with E-state index in [-0.39, 0.29) is 11.8 Å². The molecule has 2 aromatic rings. The Bertz CT molecular complexity index is 630. The molecule has 0 unspecified atom stereocenters. The zero-order valence-corrected chi connectivity index (χ0v) is 12.5. The predicted octanol–water partition coefficient (Wildman–Crippen LogP) is 3.15. The molecule has 3 rings (SSSR count). The van der Waals surface area contributed by atoms with E-state index in [1.54, 1.807) is 0 Å². The summed E-state index contributed by atoms with van der Waals surface area (Å²) in [5.41, 5.74) is 2.22. The van der Waals surface area contributed by atoms with E-state index >= 15 is 0 Å². The average Bonchev–Trinajstić information content (AvgIpc) is 2.97. The molecule has 1 atom stereocenters. The number of tetrazole rings is 1. The van der Waals surface area contributed by atoms with E-state index in [2.05, 4.69) is 41.4 Å². The van der Waals surface area contributed by atoms with Crippen LogP contribution in [0.25, 0.3) is 11.4 Å². The highest BCUT2D eigenvalue weighted by molar-refractivity contribution is 5.82. The highest BCUT2D eigenvalue weighted by atomic mass is 16.1. The molecule has 5 nitrogen and oxygen atoms in total. The fourth-order valence-corrected chi connectivity index (χ4v) is 2.70. The van der Waals surface area contributed by atoms with Crippen molar-refractivity contribution in [2.24, 2.45) is 0 Å². The number of Topliss-reactive ketones (excluding diaryl/α,β-unsaturated/α-hetero) is 1. The summed E-state index contributed by atoms with van der Waals surface area (Å²) < 4.78 is 0. The fraction of sp³-hybridized carbons (Fsp3) is 0.500. The molecule has 0 N–H and O–H groups in total. The number of ketones is 1. The van der Waals surface area contributed by atoms with Crippen LogP contribution in [0.1, 0.15) is 57.1 Å². The Morgan fingerprint density at radius 2 is 1.95 bits per heavy atom. The number of carbonyl (C=O) groups excluding carboxylic acids is 1. The SMILES string of the molecule is CC(C)c1ccc(-c2nnn([C@H]3CCCCC3=O)n2)cc1. The number of carbonyl (C=O) groups is 1. The first-order valence-electron chi connectivity index (χ1n) is 7.57. The largest absolute Gasteiger partial charge is 0.297 e. The van der Waals surface area contributed by atoms with Gasteiger partial charge in [0.25, 0.3) is 0 Å². The molecule has 1 aliphatic carbocycles. The smallest absolute Gasteiger partial charge is 0.204 e. The van der Waals surface area contributed by atoms with Gasteiger partial charge in [-0.15, -0.1) is 10.2 Å². The first-order valence-corrected chi connectivity index (χ1v) is 7.57. The summed E-state index contributed by atoms with van der Waals surface area (Å²) in [7, 11) is 0. The van der Waals surface area contributed by atoms with Gasteiger partial charge < -0.3 is 0 Å². The van der Waals surface area contributed by atoms with E-state index in [4.69, 9.17) is 0 Å². The van der Waals surface area contributed by atoms with E-state index in [1.807, 2.05) is 12.1 Å². The maximum absolute atomic E-state index is 11.9. The molecule has 0 bridgehead atoms. The molecular formula is C16H20N4O. The number of hydrogen-bond donors (Lipinski definition) is 0. The monoisotopic (exact) mass is 284 g/mol. The Labute approximate surface area is 124 Å². The maximum atomic E-state index is 11.9. The van der Waals surface area contributed by atoms with Crippen LogP contribution in [0.3, 0.4) is 0 Å². The first kappa shape index (κ1) is 13.9. The molecule has 0 saturated heterocycles. The van der Waals surface area contributed by atoms with Gasteiger partial charge in [-0.25, -0.2) is 0 Å². The second kappa shape index (κ2) is 5.76. The molecule has 0 amide bonds. The van der Waals surface area contributed by atoms with Crippen LogP contribution in [0.15, 0.2) is 24.3 Å². The minimum Gasteiger partial charge on any atom is -0.297 e. The lowest BCUT2D eigenvalue weighted by Crippen LogP contribution is -2.25. The Kier molecular flexibility index (Phi) is 3.82. The summed E-state index contributed by atoms with van der Waals surface area (Å²) in [4.78, 5) is 13.4. The lowest BCUT2D eigenvalue weighted by molar-refractivity contribution is -0.124. The van der Waals surface area contributed by atoms with Crippen LogP contribution in [-0.4, -0.2) is 26.0 Å². The van der Waals surface area contributed by atoms with E-state index in [9.17, 15) is 4.79 Å². The van der Waals surface area contributed by atoms with Crippen LogP contribution >= 0.6 is 0 Å². The molecule has 1 heterocycles. The molecule has 21 heavy (non-hydrogen) atoms. The summed E-state index contributed by atoms with van der Waals surface area (Å²) >= 11 is 0. The second-order valence-electron chi connectivity index (χ2n) is 5.94. The third-order valence-corrected chi connectivity index (χ3v) is 4.06. The molecular weight excluding hydrogens is 264 g/mol. The molecule has 0 aliphatic heterocycles. The Morgan fingerprint density at radius 1 is 1.19 bits per heavy atom. The van der Waals surface area contributed by atoms with Crippen molar-refractivity contribution in [1.82, 2.24) is 20.2 Å². The van der Waals surface area contributed by atoms with E-state index in [0.717, 1.165) is 24.8 Å². The molecule has 5 heteroatoms. The van der Waals surface area contributed by atoms with Crippen LogP contribution in [-0.2, 0) is 4.79 Å². The quantitative estimate of drug-likeness (QED) is 0.868. The van der Waals surface area contributed by atoms with Crippen molar-refractivity contribution in [3.8, 4) is 11.4 Å². The van der Waals surface area contributed by atoms with Crippen molar-refractivity contribution >= 4 is 5.78 Å². The van der Waals surface area contributed by atoms with E-state index < -0.39 is 0 Å². The van der Waals surface area contributed by atoms with Gasteiger partial charge in [0, 0.05) is 12.0 Å². The van der Waals surface area contributed by atoms with Crippen molar-refractivity contribution in [2.75, 3.05) is 0 Å². The van der Waals surface area contributed by atoms with Crippen LogP contribution in [0, 0.1) is 0 Å². The third kappa shape index (κ3) is 2.86. The van der Waals surface area contributed by atoms with Gasteiger partial charge in [0.05, 0.1) is 0 Å². The second-order valence-corrected chi connectivity index (χ2v) is 5.94. The van der Waals surface area contributed by atoms with Crippen molar-refractivity contribution in [2.45, 2.75) is 51.5 Å². The summed E-state index contributed by atoms with van der Waals surface area (Å²) in [6, 6.07) is 7.98. The topological polar surface area (TPSA) is 60.7 Å². The number of hydrogen-bond acceptors (Lipinski definition) is 4. The van der Waals surface area contributed by atoms with Gasteiger partial charge in [0.2, 0.25) is 5.82 Å². The van der Waals surface area contributed by atoms with Gasteiger partial charge in [-0.2, -0.15) is 4.80 Å². The maximum Gasteiger partial charge on any atom is 0.204 e. The van der Waals surface area contributed by atoms with E-state index in [0.29, 0.717) is 18.2 Å². The number of benzene rings is 1. The molecule has 1 saturated carbocycles. The van der Waals surface area contributed by atoms with Gasteiger partial charge in [0.15, 0.2) is 5.78 Å². The van der Waals surface area contributed by atoms with Gasteiger partial charge >= 0.3 is 0 Å². The minimum absolute atomic E-state index is 0.223. The summed E-state index contributed by atoms with van der Waals surface area (Å²) in [5.74, 6) is 1.31. The Hall–Kier alpha value is -2.04. The summed E-state index contributed by atoms with van der Waals surface area (Å²) in [6.07, 6.45) is 3.48. The molecule has 110 valence electrons. The molecule has 1 aromatic heterocycles. The standard InChI is InChI=1S/C16H20N4O/c1-11(2)12-7-9-13(10-8-12)16-17-19-20(18-16)14-5-3-4-6-15(14)21/h7-11,14H,3-6H2,1-2H3/t14-/m0/s1.